The van der Waals surface area contributed by atoms with Crippen LogP contribution in [0.4, 0.5) is 0 Å². The molecule has 0 bridgehead atoms. The van der Waals surface area contributed by atoms with Crippen molar-refractivity contribution in [3.63, 3.8) is 0 Å². The average Bonchev–Trinajstić information content (AvgIpc) is 2.13. The number of rotatable bonds is 4. The Kier molecular flexibility index (Phi) is 3.99. The molecule has 1 rings (SSSR count). The molecule has 1 aromatic rings. The van der Waals surface area contributed by atoms with E-state index < -0.39 is 0 Å². The van der Waals surface area contributed by atoms with Crippen molar-refractivity contribution in [1.82, 2.24) is 0 Å². The van der Waals surface area contributed by atoms with Crippen molar-refractivity contribution >= 4 is 0 Å². The third-order valence-electron chi connectivity index (χ3n) is 2.57. The van der Waals surface area contributed by atoms with Crippen molar-refractivity contribution < 1.29 is 5.11 Å². The second-order valence-corrected chi connectivity index (χ2v) is 4.05. The van der Waals surface area contributed by atoms with Crippen molar-refractivity contribution in [3.05, 3.63) is 28.8 Å². The minimum Gasteiger partial charge on any atom is -0.507 e. The Morgan fingerprint density at radius 3 is 2.50 bits per heavy atom. The van der Waals surface area contributed by atoms with Gasteiger partial charge in [0.1, 0.15) is 5.75 Å². The molecule has 0 aliphatic carbocycles. The zero-order valence-corrected chi connectivity index (χ0v) is 9.43. The van der Waals surface area contributed by atoms with Gasteiger partial charge in [0.25, 0.3) is 0 Å². The van der Waals surface area contributed by atoms with Gasteiger partial charge in [0.15, 0.2) is 0 Å². The van der Waals surface area contributed by atoms with Crippen LogP contribution >= 0.6 is 0 Å². The molecule has 1 N–H and O–H groups in total. The van der Waals surface area contributed by atoms with Gasteiger partial charge < -0.3 is 5.11 Å². The summed E-state index contributed by atoms with van der Waals surface area (Å²) in [6.45, 7) is 6.24. The minimum absolute atomic E-state index is 0.492. The van der Waals surface area contributed by atoms with Crippen molar-refractivity contribution in [2.24, 2.45) is 0 Å². The minimum atomic E-state index is 0.492. The summed E-state index contributed by atoms with van der Waals surface area (Å²) in [4.78, 5) is 0. The number of aryl methyl sites for hydroxylation is 3. The van der Waals surface area contributed by atoms with Crippen LogP contribution in [0.15, 0.2) is 12.1 Å². The van der Waals surface area contributed by atoms with Crippen molar-refractivity contribution in [3.8, 4) is 5.75 Å². The summed E-state index contributed by atoms with van der Waals surface area (Å²) in [5, 5.41) is 9.82. The molecule has 0 saturated heterocycles. The van der Waals surface area contributed by atoms with E-state index in [0.29, 0.717) is 5.75 Å². The van der Waals surface area contributed by atoms with Crippen molar-refractivity contribution in [2.45, 2.75) is 46.5 Å². The van der Waals surface area contributed by atoms with E-state index in [1.807, 2.05) is 13.0 Å². The lowest BCUT2D eigenvalue weighted by atomic mass is 10.0. The highest BCUT2D eigenvalue weighted by Gasteiger charge is 2.04. The maximum Gasteiger partial charge on any atom is 0.121 e. The molecule has 0 spiro atoms. The number of phenols is 1. The number of phenolic OH excluding ortho intramolecular Hbond substituents is 1. The average molecular weight is 192 g/mol. The van der Waals surface area contributed by atoms with Crippen molar-refractivity contribution in [1.29, 1.82) is 0 Å². The predicted molar refractivity (Wildman–Crippen MR) is 60.8 cm³/mol. The molecule has 0 heterocycles. The van der Waals surface area contributed by atoms with Gasteiger partial charge in [-0.25, -0.2) is 0 Å². The van der Waals surface area contributed by atoms with Gasteiger partial charge in [0.2, 0.25) is 0 Å². The van der Waals surface area contributed by atoms with Crippen LogP contribution in [-0.2, 0) is 6.42 Å². The van der Waals surface area contributed by atoms with Crippen LogP contribution in [0.25, 0.3) is 0 Å². The number of unbranched alkanes of at least 4 members (excludes halogenated alkanes) is 2. The van der Waals surface area contributed by atoms with Gasteiger partial charge in [-0.1, -0.05) is 37.5 Å². The lowest BCUT2D eigenvalue weighted by molar-refractivity contribution is 0.462. The molecule has 0 aliphatic heterocycles. The molecule has 0 atom stereocenters. The molecular weight excluding hydrogens is 172 g/mol. The molecule has 0 aromatic heterocycles. The van der Waals surface area contributed by atoms with Crippen LogP contribution in [0.3, 0.4) is 0 Å². The van der Waals surface area contributed by atoms with E-state index in [-0.39, 0.29) is 0 Å². The zero-order valence-electron chi connectivity index (χ0n) is 9.43. The maximum absolute atomic E-state index is 9.82. The first kappa shape index (κ1) is 11.1. The van der Waals surface area contributed by atoms with Gasteiger partial charge in [0.05, 0.1) is 0 Å². The van der Waals surface area contributed by atoms with Gasteiger partial charge >= 0.3 is 0 Å². The quantitative estimate of drug-likeness (QED) is 0.720. The van der Waals surface area contributed by atoms with E-state index >= 15 is 0 Å². The second-order valence-electron chi connectivity index (χ2n) is 4.05. The highest BCUT2D eigenvalue weighted by molar-refractivity contribution is 5.42. The van der Waals surface area contributed by atoms with Crippen LogP contribution in [0.1, 0.15) is 42.9 Å². The molecule has 78 valence electrons. The first-order valence-electron chi connectivity index (χ1n) is 5.44. The number of hydrogen-bond acceptors (Lipinski definition) is 1. The molecular formula is C13H20O. The topological polar surface area (TPSA) is 20.2 Å². The lowest BCUT2D eigenvalue weighted by Crippen LogP contribution is -1.90. The van der Waals surface area contributed by atoms with Gasteiger partial charge in [-0.05, 0) is 37.8 Å². The van der Waals surface area contributed by atoms with Crippen LogP contribution in [0, 0.1) is 13.8 Å². The Labute approximate surface area is 86.8 Å². The summed E-state index contributed by atoms with van der Waals surface area (Å²) < 4.78 is 0. The van der Waals surface area contributed by atoms with E-state index in [0.717, 1.165) is 17.5 Å². The van der Waals surface area contributed by atoms with E-state index in [1.54, 1.807) is 0 Å². The fourth-order valence-corrected chi connectivity index (χ4v) is 1.80. The highest BCUT2D eigenvalue weighted by Crippen LogP contribution is 2.25. The third-order valence-corrected chi connectivity index (χ3v) is 2.57. The smallest absolute Gasteiger partial charge is 0.121 e. The number of aromatic hydroxyl groups is 1. The second kappa shape index (κ2) is 5.04. The Morgan fingerprint density at radius 1 is 1.14 bits per heavy atom. The van der Waals surface area contributed by atoms with Gasteiger partial charge in [-0.3, -0.25) is 0 Å². The van der Waals surface area contributed by atoms with E-state index in [9.17, 15) is 5.11 Å². The van der Waals surface area contributed by atoms with Gasteiger partial charge in [0, 0.05) is 0 Å². The monoisotopic (exact) mass is 192 g/mol. The summed E-state index contributed by atoms with van der Waals surface area (Å²) in [6.07, 6.45) is 4.65. The van der Waals surface area contributed by atoms with E-state index in [2.05, 4.69) is 19.9 Å². The number of hydrogen-bond donors (Lipinski definition) is 1. The largest absolute Gasteiger partial charge is 0.507 e. The summed E-state index contributed by atoms with van der Waals surface area (Å²) in [7, 11) is 0. The Balaban J connectivity index is 2.75. The fourth-order valence-electron chi connectivity index (χ4n) is 1.80. The molecule has 0 unspecified atom stereocenters. The van der Waals surface area contributed by atoms with Gasteiger partial charge in [-0.2, -0.15) is 0 Å². The van der Waals surface area contributed by atoms with E-state index in [4.69, 9.17) is 0 Å². The zero-order chi connectivity index (χ0) is 10.6. The Bertz CT molecular complexity index is 302. The molecule has 14 heavy (non-hydrogen) atoms. The highest BCUT2D eigenvalue weighted by atomic mass is 16.3. The van der Waals surface area contributed by atoms with E-state index in [1.165, 1.54) is 24.8 Å². The molecule has 0 fully saturated rings. The molecule has 1 aromatic carbocycles. The Morgan fingerprint density at radius 2 is 1.86 bits per heavy atom. The first-order chi connectivity index (χ1) is 6.65. The molecule has 0 aliphatic rings. The molecule has 0 radical (unpaired) electrons. The first-order valence-corrected chi connectivity index (χ1v) is 5.44. The lowest BCUT2D eigenvalue weighted by Gasteiger charge is -2.08. The maximum atomic E-state index is 9.82. The van der Waals surface area contributed by atoms with Crippen molar-refractivity contribution in [2.75, 3.05) is 0 Å². The summed E-state index contributed by atoms with van der Waals surface area (Å²) in [5.41, 5.74) is 3.35. The van der Waals surface area contributed by atoms with Crippen LogP contribution in [-0.4, -0.2) is 5.11 Å². The molecule has 1 heteroatoms. The third kappa shape index (κ3) is 2.76. The van der Waals surface area contributed by atoms with Crippen LogP contribution in [0.5, 0.6) is 5.75 Å². The van der Waals surface area contributed by atoms with Gasteiger partial charge in [-0.15, -0.1) is 0 Å². The fraction of sp³-hybridized carbons (Fsp3) is 0.538. The van der Waals surface area contributed by atoms with Crippen LogP contribution < -0.4 is 0 Å². The molecule has 1 nitrogen and oxygen atoms in total. The normalized spacial score (nSPS) is 10.5. The SMILES string of the molecule is CCCCCc1cc(C)cc(C)c1O. The summed E-state index contributed by atoms with van der Waals surface area (Å²) >= 11 is 0. The standard InChI is InChI=1S/C13H20O/c1-4-5-6-7-12-9-10(2)8-11(3)13(12)14/h8-9,14H,4-7H2,1-3H3. The summed E-state index contributed by atoms with van der Waals surface area (Å²) in [6, 6.07) is 4.12. The summed E-state index contributed by atoms with van der Waals surface area (Å²) in [5.74, 6) is 0.492. The predicted octanol–water partition coefficient (Wildman–Crippen LogP) is 3.74. The van der Waals surface area contributed by atoms with Crippen LogP contribution in [0.2, 0.25) is 0 Å². The Hall–Kier alpha value is -0.980. The molecule has 0 amide bonds. The molecule has 0 saturated carbocycles. The number of benzene rings is 1.